The average Bonchev–Trinajstić information content (AvgIpc) is 2.95. The molecule has 3 rings (SSSR count). The highest BCUT2D eigenvalue weighted by molar-refractivity contribution is 7.99. The molecule has 23 heavy (non-hydrogen) atoms. The summed E-state index contributed by atoms with van der Waals surface area (Å²) >= 11 is 1.59. The van der Waals surface area contributed by atoms with Gasteiger partial charge in [-0.05, 0) is 18.2 Å². The standard InChI is InChI=1S/C16H15N3O3S/c1-21-13-8-11-12(18-15(17-11)19-16(20)22-2)9-14(13)23-10-6-4-3-5-7-10/h3-9H,1-2H3,(H2,17,18,19,20). The Bertz CT molecular complexity index is 833. The highest BCUT2D eigenvalue weighted by Gasteiger charge is 2.12. The average molecular weight is 329 g/mol. The van der Waals surface area contributed by atoms with Gasteiger partial charge in [0.2, 0.25) is 5.95 Å². The number of carbonyl (C=O) groups excluding carboxylic acids is 1. The second-order valence-electron chi connectivity index (χ2n) is 4.64. The van der Waals surface area contributed by atoms with Gasteiger partial charge in [-0.1, -0.05) is 30.0 Å². The summed E-state index contributed by atoms with van der Waals surface area (Å²) in [4.78, 5) is 20.7. The predicted octanol–water partition coefficient (Wildman–Crippen LogP) is 3.90. The van der Waals surface area contributed by atoms with Crippen LogP contribution in [-0.2, 0) is 4.74 Å². The lowest BCUT2D eigenvalue weighted by atomic mass is 10.3. The second-order valence-corrected chi connectivity index (χ2v) is 5.75. The van der Waals surface area contributed by atoms with Gasteiger partial charge in [-0.25, -0.2) is 9.78 Å². The van der Waals surface area contributed by atoms with E-state index in [4.69, 9.17) is 4.74 Å². The number of ether oxygens (including phenoxy) is 2. The highest BCUT2D eigenvalue weighted by atomic mass is 32.2. The van der Waals surface area contributed by atoms with Crippen molar-refractivity contribution in [2.45, 2.75) is 9.79 Å². The molecular formula is C16H15N3O3S. The summed E-state index contributed by atoms with van der Waals surface area (Å²) in [6.07, 6.45) is -0.574. The lowest BCUT2D eigenvalue weighted by molar-refractivity contribution is 0.186. The number of aromatic amines is 1. The third-order valence-electron chi connectivity index (χ3n) is 3.14. The first-order valence-corrected chi connectivity index (χ1v) is 7.67. The van der Waals surface area contributed by atoms with Crippen molar-refractivity contribution in [3.63, 3.8) is 0 Å². The summed E-state index contributed by atoms with van der Waals surface area (Å²) < 4.78 is 10.0. The van der Waals surface area contributed by atoms with Crippen LogP contribution in [0.25, 0.3) is 11.0 Å². The first kappa shape index (κ1) is 15.2. The first-order chi connectivity index (χ1) is 11.2. The van der Waals surface area contributed by atoms with Crippen LogP contribution in [-0.4, -0.2) is 30.3 Å². The van der Waals surface area contributed by atoms with Crippen molar-refractivity contribution in [2.24, 2.45) is 0 Å². The molecule has 0 atom stereocenters. The number of methoxy groups -OCH3 is 2. The number of nitrogens with zero attached hydrogens (tertiary/aromatic N) is 1. The van der Waals surface area contributed by atoms with E-state index in [0.29, 0.717) is 5.95 Å². The van der Waals surface area contributed by atoms with Crippen molar-refractivity contribution in [3.8, 4) is 5.75 Å². The molecule has 0 aliphatic heterocycles. The van der Waals surface area contributed by atoms with Gasteiger partial charge in [0.05, 0.1) is 30.1 Å². The number of rotatable bonds is 4. The number of anilines is 1. The van der Waals surface area contributed by atoms with Gasteiger partial charge in [-0.15, -0.1) is 0 Å². The summed E-state index contributed by atoms with van der Waals surface area (Å²) in [5.41, 5.74) is 1.50. The fourth-order valence-electron chi connectivity index (χ4n) is 2.08. The van der Waals surface area contributed by atoms with Crippen molar-refractivity contribution in [2.75, 3.05) is 19.5 Å². The van der Waals surface area contributed by atoms with E-state index < -0.39 is 6.09 Å². The Hall–Kier alpha value is -2.67. The molecule has 2 N–H and O–H groups in total. The van der Waals surface area contributed by atoms with Gasteiger partial charge in [-0.2, -0.15) is 0 Å². The van der Waals surface area contributed by atoms with Gasteiger partial charge < -0.3 is 14.5 Å². The van der Waals surface area contributed by atoms with E-state index in [2.05, 4.69) is 20.0 Å². The molecule has 0 unspecified atom stereocenters. The Morgan fingerprint density at radius 3 is 2.70 bits per heavy atom. The maximum atomic E-state index is 11.3. The fraction of sp³-hybridized carbons (Fsp3) is 0.125. The van der Waals surface area contributed by atoms with Crippen LogP contribution in [0.2, 0.25) is 0 Å². The Balaban J connectivity index is 1.96. The van der Waals surface area contributed by atoms with Gasteiger partial charge >= 0.3 is 6.09 Å². The number of nitrogens with one attached hydrogen (secondary N) is 2. The largest absolute Gasteiger partial charge is 0.495 e. The molecule has 7 heteroatoms. The minimum absolute atomic E-state index is 0.329. The van der Waals surface area contributed by atoms with Crippen LogP contribution in [0, 0.1) is 0 Å². The van der Waals surface area contributed by atoms with E-state index >= 15 is 0 Å². The minimum Gasteiger partial charge on any atom is -0.495 e. The number of hydrogen-bond acceptors (Lipinski definition) is 5. The highest BCUT2D eigenvalue weighted by Crippen LogP contribution is 2.37. The van der Waals surface area contributed by atoms with Gasteiger partial charge in [0, 0.05) is 11.0 Å². The van der Waals surface area contributed by atoms with Crippen LogP contribution in [0.4, 0.5) is 10.7 Å². The molecule has 0 radical (unpaired) electrons. The molecule has 2 aromatic carbocycles. The zero-order valence-corrected chi connectivity index (χ0v) is 13.4. The first-order valence-electron chi connectivity index (χ1n) is 6.85. The van der Waals surface area contributed by atoms with Crippen LogP contribution in [0.15, 0.2) is 52.3 Å². The van der Waals surface area contributed by atoms with Crippen molar-refractivity contribution in [3.05, 3.63) is 42.5 Å². The Kier molecular flexibility index (Phi) is 4.38. The van der Waals surface area contributed by atoms with Gasteiger partial charge in [0.15, 0.2) is 0 Å². The van der Waals surface area contributed by atoms with Gasteiger partial charge in [-0.3, -0.25) is 5.32 Å². The number of imidazole rings is 1. The molecule has 6 nitrogen and oxygen atoms in total. The lowest BCUT2D eigenvalue weighted by Gasteiger charge is -2.08. The van der Waals surface area contributed by atoms with Gasteiger partial charge in [0.1, 0.15) is 5.75 Å². The summed E-state index contributed by atoms with van der Waals surface area (Å²) in [7, 11) is 2.93. The SMILES string of the molecule is COC(=O)Nc1nc2cc(Sc3ccccc3)c(OC)cc2[nH]1. The smallest absolute Gasteiger partial charge is 0.413 e. The number of hydrogen-bond donors (Lipinski definition) is 2. The maximum Gasteiger partial charge on any atom is 0.413 e. The molecule has 1 aromatic heterocycles. The number of fused-ring (bicyclic) bond motifs is 1. The quantitative estimate of drug-likeness (QED) is 0.759. The lowest BCUT2D eigenvalue weighted by Crippen LogP contribution is -2.11. The Morgan fingerprint density at radius 2 is 2.00 bits per heavy atom. The molecule has 118 valence electrons. The molecule has 0 aliphatic carbocycles. The number of amides is 1. The maximum absolute atomic E-state index is 11.3. The predicted molar refractivity (Wildman–Crippen MR) is 89.2 cm³/mol. The topological polar surface area (TPSA) is 76.2 Å². The van der Waals surface area contributed by atoms with Crippen LogP contribution in [0.3, 0.4) is 0 Å². The molecule has 0 fully saturated rings. The van der Waals surface area contributed by atoms with E-state index in [1.54, 1.807) is 18.9 Å². The van der Waals surface area contributed by atoms with E-state index in [9.17, 15) is 4.79 Å². The van der Waals surface area contributed by atoms with Crippen molar-refractivity contribution in [1.29, 1.82) is 0 Å². The third-order valence-corrected chi connectivity index (χ3v) is 4.19. The fourth-order valence-corrected chi connectivity index (χ4v) is 3.04. The van der Waals surface area contributed by atoms with E-state index in [1.165, 1.54) is 7.11 Å². The molecular weight excluding hydrogens is 314 g/mol. The normalized spacial score (nSPS) is 10.5. The molecule has 0 saturated carbocycles. The molecule has 0 bridgehead atoms. The molecule has 1 heterocycles. The third kappa shape index (κ3) is 3.40. The molecule has 3 aromatic rings. The molecule has 1 amide bonds. The van der Waals surface area contributed by atoms with Crippen molar-refractivity contribution < 1.29 is 14.3 Å². The number of aromatic nitrogens is 2. The second kappa shape index (κ2) is 6.62. The van der Waals surface area contributed by atoms with Crippen LogP contribution < -0.4 is 10.1 Å². The summed E-state index contributed by atoms with van der Waals surface area (Å²) in [6, 6.07) is 13.8. The van der Waals surface area contributed by atoms with Gasteiger partial charge in [0.25, 0.3) is 0 Å². The Morgan fingerprint density at radius 1 is 1.22 bits per heavy atom. The molecule has 0 aliphatic rings. The zero-order valence-electron chi connectivity index (χ0n) is 12.6. The van der Waals surface area contributed by atoms with Crippen LogP contribution in [0.1, 0.15) is 0 Å². The Labute approximate surface area is 137 Å². The molecule has 0 spiro atoms. The number of carbonyl (C=O) groups is 1. The van der Waals surface area contributed by atoms with Crippen LogP contribution >= 0.6 is 11.8 Å². The van der Waals surface area contributed by atoms with Crippen molar-refractivity contribution >= 4 is 34.8 Å². The minimum atomic E-state index is -0.574. The summed E-state index contributed by atoms with van der Waals surface area (Å²) in [5.74, 6) is 1.07. The summed E-state index contributed by atoms with van der Waals surface area (Å²) in [6.45, 7) is 0. The zero-order chi connectivity index (χ0) is 16.2. The van der Waals surface area contributed by atoms with Crippen molar-refractivity contribution in [1.82, 2.24) is 9.97 Å². The van der Waals surface area contributed by atoms with E-state index in [-0.39, 0.29) is 0 Å². The summed E-state index contributed by atoms with van der Waals surface area (Å²) in [5, 5.41) is 2.51. The monoisotopic (exact) mass is 329 g/mol. The van der Waals surface area contributed by atoms with E-state index in [0.717, 1.165) is 26.6 Å². The number of benzene rings is 2. The number of H-pyrrole nitrogens is 1. The van der Waals surface area contributed by atoms with Crippen LogP contribution in [0.5, 0.6) is 5.75 Å². The molecule has 0 saturated heterocycles. The van der Waals surface area contributed by atoms with E-state index in [1.807, 2.05) is 42.5 Å².